The first-order chi connectivity index (χ1) is 5.45. The van der Waals surface area contributed by atoms with Gasteiger partial charge in [-0.2, -0.15) is 0 Å². The summed E-state index contributed by atoms with van der Waals surface area (Å²) in [7, 11) is 0. The van der Waals surface area contributed by atoms with E-state index in [0.29, 0.717) is 19.3 Å². The standard InChI is InChI=1S/C7H12O4/c1(6-3-8-6)2-10-11-5-7-4-9-7/h6-7H,1-5H2. The zero-order chi connectivity index (χ0) is 7.52. The maximum atomic E-state index is 4.99. The van der Waals surface area contributed by atoms with Gasteiger partial charge >= 0.3 is 0 Å². The summed E-state index contributed by atoms with van der Waals surface area (Å²) in [5.74, 6) is 0. The Hall–Kier alpha value is -0.160. The van der Waals surface area contributed by atoms with E-state index in [1.807, 2.05) is 0 Å². The molecule has 11 heavy (non-hydrogen) atoms. The molecule has 2 unspecified atom stereocenters. The first kappa shape index (κ1) is 7.49. The van der Waals surface area contributed by atoms with Crippen LogP contribution in [0.5, 0.6) is 0 Å². The molecule has 2 atom stereocenters. The van der Waals surface area contributed by atoms with Crippen LogP contribution in [0, 0.1) is 0 Å². The predicted molar refractivity (Wildman–Crippen MR) is 36.0 cm³/mol. The zero-order valence-electron chi connectivity index (χ0n) is 6.32. The van der Waals surface area contributed by atoms with Gasteiger partial charge in [-0.25, -0.2) is 9.78 Å². The van der Waals surface area contributed by atoms with E-state index in [2.05, 4.69) is 0 Å². The summed E-state index contributed by atoms with van der Waals surface area (Å²) < 4.78 is 9.91. The van der Waals surface area contributed by atoms with Crippen LogP contribution in [0.25, 0.3) is 0 Å². The van der Waals surface area contributed by atoms with Crippen molar-refractivity contribution in [2.24, 2.45) is 0 Å². The molecular weight excluding hydrogens is 148 g/mol. The molecule has 0 spiro atoms. The lowest BCUT2D eigenvalue weighted by Gasteiger charge is -1.99. The molecule has 2 aliphatic rings. The summed E-state index contributed by atoms with van der Waals surface area (Å²) in [6, 6.07) is 0. The monoisotopic (exact) mass is 160 g/mol. The second-order valence-corrected chi connectivity index (χ2v) is 2.81. The fourth-order valence-electron chi connectivity index (χ4n) is 0.761. The van der Waals surface area contributed by atoms with Crippen LogP contribution >= 0.6 is 0 Å². The quantitative estimate of drug-likeness (QED) is 0.239. The Bertz CT molecular complexity index is 106. The molecule has 2 fully saturated rings. The Kier molecular flexibility index (Phi) is 2.38. The number of hydrogen-bond acceptors (Lipinski definition) is 4. The first-order valence-electron chi connectivity index (χ1n) is 3.93. The topological polar surface area (TPSA) is 43.5 Å². The highest BCUT2D eigenvalue weighted by molar-refractivity contribution is 4.67. The van der Waals surface area contributed by atoms with Crippen LogP contribution in [0.3, 0.4) is 0 Å². The van der Waals surface area contributed by atoms with Crippen LogP contribution in [0.4, 0.5) is 0 Å². The number of hydrogen-bond donors (Lipinski definition) is 0. The van der Waals surface area contributed by atoms with E-state index in [4.69, 9.17) is 19.2 Å². The molecule has 0 aromatic rings. The Balaban J connectivity index is 1.35. The molecular formula is C7H12O4. The first-order valence-corrected chi connectivity index (χ1v) is 3.93. The lowest BCUT2D eigenvalue weighted by atomic mass is 10.4. The zero-order valence-corrected chi connectivity index (χ0v) is 6.32. The molecule has 2 saturated heterocycles. The van der Waals surface area contributed by atoms with Gasteiger partial charge in [-0.15, -0.1) is 0 Å². The van der Waals surface area contributed by atoms with Gasteiger partial charge in [0.1, 0.15) is 12.7 Å². The van der Waals surface area contributed by atoms with Crippen molar-refractivity contribution in [2.45, 2.75) is 18.6 Å². The van der Waals surface area contributed by atoms with Crippen LogP contribution in [0.15, 0.2) is 0 Å². The highest BCUT2D eigenvalue weighted by Gasteiger charge is 2.24. The average molecular weight is 160 g/mol. The molecule has 0 amide bonds. The van der Waals surface area contributed by atoms with E-state index in [9.17, 15) is 0 Å². The number of epoxide rings is 2. The van der Waals surface area contributed by atoms with Crippen LogP contribution in [-0.4, -0.2) is 38.6 Å². The molecule has 4 heteroatoms. The van der Waals surface area contributed by atoms with E-state index in [1.54, 1.807) is 0 Å². The third kappa shape index (κ3) is 3.16. The highest BCUT2D eigenvalue weighted by Crippen LogP contribution is 2.13. The summed E-state index contributed by atoms with van der Waals surface area (Å²) in [5.41, 5.74) is 0. The van der Waals surface area contributed by atoms with Gasteiger partial charge in [0.05, 0.1) is 25.9 Å². The normalized spacial score (nSPS) is 33.8. The molecule has 0 aromatic heterocycles. The third-order valence-electron chi connectivity index (χ3n) is 1.67. The Morgan fingerprint density at radius 1 is 1.09 bits per heavy atom. The van der Waals surface area contributed by atoms with E-state index >= 15 is 0 Å². The summed E-state index contributed by atoms with van der Waals surface area (Å²) in [6.07, 6.45) is 1.65. The van der Waals surface area contributed by atoms with Crippen LogP contribution in [-0.2, 0) is 19.2 Å². The van der Waals surface area contributed by atoms with Crippen molar-refractivity contribution in [3.05, 3.63) is 0 Å². The van der Waals surface area contributed by atoms with E-state index in [-0.39, 0.29) is 6.10 Å². The number of rotatable bonds is 6. The van der Waals surface area contributed by atoms with E-state index < -0.39 is 0 Å². The van der Waals surface area contributed by atoms with Crippen LogP contribution < -0.4 is 0 Å². The average Bonchev–Trinajstić information content (AvgIpc) is 2.83. The van der Waals surface area contributed by atoms with Crippen molar-refractivity contribution in [2.75, 3.05) is 26.4 Å². The molecule has 64 valence electrons. The number of ether oxygens (including phenoxy) is 2. The summed E-state index contributed by atoms with van der Waals surface area (Å²) in [6.45, 7) is 2.88. The summed E-state index contributed by atoms with van der Waals surface area (Å²) in [5, 5.41) is 0. The van der Waals surface area contributed by atoms with E-state index in [0.717, 1.165) is 19.6 Å². The minimum atomic E-state index is 0.284. The largest absolute Gasteiger partial charge is 0.373 e. The van der Waals surface area contributed by atoms with Gasteiger partial charge in [-0.3, -0.25) is 0 Å². The van der Waals surface area contributed by atoms with Gasteiger partial charge < -0.3 is 9.47 Å². The van der Waals surface area contributed by atoms with Crippen molar-refractivity contribution in [3.63, 3.8) is 0 Å². The molecule has 0 N–H and O–H groups in total. The Morgan fingerprint density at radius 2 is 1.82 bits per heavy atom. The molecule has 4 nitrogen and oxygen atoms in total. The molecule has 0 aromatic carbocycles. The lowest BCUT2D eigenvalue weighted by molar-refractivity contribution is -0.296. The molecule has 0 aliphatic carbocycles. The maximum Gasteiger partial charge on any atom is 0.111 e. The molecule has 0 saturated carbocycles. The van der Waals surface area contributed by atoms with Crippen molar-refractivity contribution < 1.29 is 19.2 Å². The van der Waals surface area contributed by atoms with Gasteiger partial charge in [0, 0.05) is 6.42 Å². The third-order valence-corrected chi connectivity index (χ3v) is 1.67. The molecule has 0 bridgehead atoms. The fourth-order valence-corrected chi connectivity index (χ4v) is 0.761. The fraction of sp³-hybridized carbons (Fsp3) is 1.00. The smallest absolute Gasteiger partial charge is 0.111 e. The van der Waals surface area contributed by atoms with Gasteiger partial charge in [0.15, 0.2) is 0 Å². The highest BCUT2D eigenvalue weighted by atomic mass is 17.2. The minimum absolute atomic E-state index is 0.284. The van der Waals surface area contributed by atoms with Crippen molar-refractivity contribution >= 4 is 0 Å². The SMILES string of the molecule is C(CC1CO1)OOCC1CO1. The van der Waals surface area contributed by atoms with Crippen molar-refractivity contribution in [3.8, 4) is 0 Å². The maximum absolute atomic E-state index is 4.99. The lowest BCUT2D eigenvalue weighted by Crippen LogP contribution is -2.04. The van der Waals surface area contributed by atoms with Crippen LogP contribution in [0.2, 0.25) is 0 Å². The van der Waals surface area contributed by atoms with Gasteiger partial charge in [0.2, 0.25) is 0 Å². The molecule has 2 rings (SSSR count). The van der Waals surface area contributed by atoms with Crippen LogP contribution in [0.1, 0.15) is 6.42 Å². The van der Waals surface area contributed by atoms with Crippen molar-refractivity contribution in [1.82, 2.24) is 0 Å². The second-order valence-electron chi connectivity index (χ2n) is 2.81. The Morgan fingerprint density at radius 3 is 2.45 bits per heavy atom. The summed E-state index contributed by atoms with van der Waals surface area (Å²) in [4.78, 5) is 9.73. The molecule has 2 aliphatic heterocycles. The van der Waals surface area contributed by atoms with Gasteiger partial charge in [-0.05, 0) is 0 Å². The Labute approximate surface area is 65.3 Å². The predicted octanol–water partition coefficient (Wildman–Crippen LogP) is 0.122. The van der Waals surface area contributed by atoms with Gasteiger partial charge in [0.25, 0.3) is 0 Å². The second kappa shape index (κ2) is 3.49. The van der Waals surface area contributed by atoms with Crippen molar-refractivity contribution in [1.29, 1.82) is 0 Å². The summed E-state index contributed by atoms with van der Waals surface area (Å²) >= 11 is 0. The molecule has 2 heterocycles. The minimum Gasteiger partial charge on any atom is -0.373 e. The van der Waals surface area contributed by atoms with Gasteiger partial charge in [-0.1, -0.05) is 0 Å². The molecule has 0 radical (unpaired) electrons. The van der Waals surface area contributed by atoms with E-state index in [1.165, 1.54) is 0 Å².